The third kappa shape index (κ3) is 6.04. The molecule has 0 bridgehead atoms. The van der Waals surface area contributed by atoms with Gasteiger partial charge in [-0.2, -0.15) is 13.2 Å². The van der Waals surface area contributed by atoms with E-state index in [1.807, 2.05) is 6.07 Å². The predicted molar refractivity (Wildman–Crippen MR) is 121 cm³/mol. The zero-order valence-corrected chi connectivity index (χ0v) is 18.8. The Labute approximate surface area is 194 Å². The van der Waals surface area contributed by atoms with Crippen molar-refractivity contribution in [1.82, 2.24) is 10.3 Å². The second kappa shape index (κ2) is 10.5. The Morgan fingerprint density at radius 3 is 2.61 bits per heavy atom. The lowest BCUT2D eigenvalue weighted by Crippen LogP contribution is -3.14. The van der Waals surface area contributed by atoms with Crippen LogP contribution in [0.1, 0.15) is 22.3 Å². The number of nitrogens with one attached hydrogen (secondary N) is 2. The molecule has 0 unspecified atom stereocenters. The zero-order valence-electron chi connectivity index (χ0n) is 18.0. The van der Waals surface area contributed by atoms with E-state index in [-0.39, 0.29) is 10.8 Å². The van der Waals surface area contributed by atoms with Crippen LogP contribution in [0, 0.1) is 0 Å². The number of carbonyl (C=O) groups excluding carboxylic acids is 1. The molecule has 5 nitrogen and oxygen atoms in total. The minimum absolute atomic E-state index is 0.0487. The fourth-order valence-electron chi connectivity index (χ4n) is 3.84. The number of carbonyl (C=O) groups is 1. The first kappa shape index (κ1) is 23.5. The largest absolute Gasteiger partial charge is 0.417 e. The summed E-state index contributed by atoms with van der Waals surface area (Å²) in [5, 5.41) is 3.97. The maximum Gasteiger partial charge on any atom is 0.417 e. The summed E-state index contributed by atoms with van der Waals surface area (Å²) in [5.41, 5.74) is 0.253. The Hall–Kier alpha value is -2.62. The summed E-state index contributed by atoms with van der Waals surface area (Å²) in [6.45, 7) is 4.96. The number of hydrogen-bond acceptors (Lipinski definition) is 4. The summed E-state index contributed by atoms with van der Waals surface area (Å²) in [6.07, 6.45) is -3.63. The lowest BCUT2D eigenvalue weighted by molar-refractivity contribution is -0.908. The van der Waals surface area contributed by atoms with Gasteiger partial charge in [0.15, 0.2) is 0 Å². The fourth-order valence-corrected chi connectivity index (χ4v) is 4.83. The summed E-state index contributed by atoms with van der Waals surface area (Å²) in [4.78, 5) is 19.0. The summed E-state index contributed by atoms with van der Waals surface area (Å²) in [6, 6.07) is 14.1. The van der Waals surface area contributed by atoms with Crippen LogP contribution in [-0.4, -0.2) is 50.3 Å². The number of morpholine rings is 1. The third-order valence-electron chi connectivity index (χ3n) is 5.54. The normalized spacial score (nSPS) is 15.0. The number of nitrogens with zero attached hydrogens (tertiary/aromatic N) is 1. The van der Waals surface area contributed by atoms with Crippen LogP contribution in [-0.2, 0) is 10.9 Å². The van der Waals surface area contributed by atoms with Gasteiger partial charge in [0.1, 0.15) is 18.1 Å². The van der Waals surface area contributed by atoms with Crippen LogP contribution in [0.15, 0.2) is 64.5 Å². The number of benzene rings is 2. The number of rotatable bonds is 7. The van der Waals surface area contributed by atoms with Gasteiger partial charge in [-0.25, -0.2) is 4.98 Å². The van der Waals surface area contributed by atoms with Crippen LogP contribution in [0.5, 0.6) is 0 Å². The van der Waals surface area contributed by atoms with Crippen molar-refractivity contribution in [2.75, 3.05) is 39.4 Å². The van der Waals surface area contributed by atoms with Gasteiger partial charge in [-0.15, -0.1) is 0 Å². The molecule has 0 aliphatic carbocycles. The van der Waals surface area contributed by atoms with Gasteiger partial charge in [-0.05, 0) is 24.3 Å². The van der Waals surface area contributed by atoms with E-state index in [1.165, 1.54) is 17.0 Å². The van der Waals surface area contributed by atoms with Crippen LogP contribution in [0.2, 0.25) is 0 Å². The van der Waals surface area contributed by atoms with Gasteiger partial charge in [-0.3, -0.25) is 4.79 Å². The molecule has 1 aromatic heterocycles. The number of halogens is 3. The van der Waals surface area contributed by atoms with Gasteiger partial charge in [0.2, 0.25) is 0 Å². The van der Waals surface area contributed by atoms with Crippen LogP contribution in [0.4, 0.5) is 13.2 Å². The maximum atomic E-state index is 13.4. The highest BCUT2D eigenvalue weighted by molar-refractivity contribution is 7.99. The second-order valence-corrected chi connectivity index (χ2v) is 8.91. The summed E-state index contributed by atoms with van der Waals surface area (Å²) in [7, 11) is 0. The van der Waals surface area contributed by atoms with Gasteiger partial charge in [-0.1, -0.05) is 42.1 Å². The number of pyridine rings is 1. The topological polar surface area (TPSA) is 55.7 Å². The van der Waals surface area contributed by atoms with Crippen molar-refractivity contribution in [3.8, 4) is 0 Å². The van der Waals surface area contributed by atoms with Crippen molar-refractivity contribution in [2.24, 2.45) is 0 Å². The summed E-state index contributed by atoms with van der Waals surface area (Å²) >= 11 is 0.908. The number of amides is 1. The van der Waals surface area contributed by atoms with E-state index >= 15 is 0 Å². The smallest absolute Gasteiger partial charge is 0.370 e. The van der Waals surface area contributed by atoms with E-state index in [1.54, 1.807) is 30.3 Å². The average molecular weight is 477 g/mol. The number of ether oxygens (including phenoxy) is 1. The SMILES string of the molecule is O=C(NCCC[NH+]1CCOCC1)c1cc(Sc2ccccc2C(F)(F)F)nc2ccccc12. The number of fused-ring (bicyclic) bond motifs is 1. The van der Waals surface area contributed by atoms with E-state index in [0.717, 1.165) is 57.1 Å². The molecule has 2 N–H and O–H groups in total. The number of aromatic nitrogens is 1. The minimum atomic E-state index is -4.47. The molecule has 3 aromatic rings. The molecule has 1 fully saturated rings. The number of alkyl halides is 3. The first-order chi connectivity index (χ1) is 15.9. The Kier molecular flexibility index (Phi) is 7.52. The van der Waals surface area contributed by atoms with Crippen LogP contribution in [0.3, 0.4) is 0 Å². The second-order valence-electron chi connectivity index (χ2n) is 7.84. The molecule has 9 heteroatoms. The monoisotopic (exact) mass is 476 g/mol. The van der Waals surface area contributed by atoms with Gasteiger partial charge >= 0.3 is 6.18 Å². The number of para-hydroxylation sites is 1. The molecule has 33 heavy (non-hydrogen) atoms. The molecule has 174 valence electrons. The lowest BCUT2D eigenvalue weighted by atomic mass is 10.1. The van der Waals surface area contributed by atoms with Gasteiger partial charge < -0.3 is 15.0 Å². The zero-order chi connectivity index (χ0) is 23.3. The van der Waals surface area contributed by atoms with Crippen molar-refractivity contribution in [3.63, 3.8) is 0 Å². The van der Waals surface area contributed by atoms with E-state index in [9.17, 15) is 18.0 Å². The molecule has 1 aliphatic heterocycles. The van der Waals surface area contributed by atoms with Crippen molar-refractivity contribution in [2.45, 2.75) is 22.5 Å². The highest BCUT2D eigenvalue weighted by Gasteiger charge is 2.33. The third-order valence-corrected chi connectivity index (χ3v) is 6.53. The van der Waals surface area contributed by atoms with Crippen molar-refractivity contribution < 1.29 is 27.6 Å². The minimum Gasteiger partial charge on any atom is -0.370 e. The van der Waals surface area contributed by atoms with Crippen LogP contribution >= 0.6 is 11.8 Å². The maximum absolute atomic E-state index is 13.4. The van der Waals surface area contributed by atoms with Crippen molar-refractivity contribution in [1.29, 1.82) is 0 Å². The first-order valence-electron chi connectivity index (χ1n) is 10.9. The Morgan fingerprint density at radius 1 is 1.09 bits per heavy atom. The molecule has 1 amide bonds. The molecule has 0 atom stereocenters. The Balaban J connectivity index is 1.52. The quantitative estimate of drug-likeness (QED) is 0.513. The highest BCUT2D eigenvalue weighted by Crippen LogP contribution is 2.39. The predicted octanol–water partition coefficient (Wildman–Crippen LogP) is 3.44. The molecule has 1 saturated heterocycles. The summed E-state index contributed by atoms with van der Waals surface area (Å²) < 4.78 is 45.6. The van der Waals surface area contributed by atoms with E-state index in [4.69, 9.17) is 4.74 Å². The van der Waals surface area contributed by atoms with E-state index in [0.29, 0.717) is 28.0 Å². The van der Waals surface area contributed by atoms with Gasteiger partial charge in [0, 0.05) is 23.2 Å². The molecule has 2 heterocycles. The number of quaternary nitrogens is 1. The molecule has 4 rings (SSSR count). The summed E-state index contributed by atoms with van der Waals surface area (Å²) in [5.74, 6) is -0.253. The molecule has 0 spiro atoms. The van der Waals surface area contributed by atoms with Crippen molar-refractivity contribution in [3.05, 3.63) is 65.7 Å². The molecule has 0 saturated carbocycles. The van der Waals surface area contributed by atoms with Crippen LogP contribution in [0.25, 0.3) is 10.9 Å². The molecular weight excluding hydrogens is 451 g/mol. The molecule has 0 radical (unpaired) electrons. The van der Waals surface area contributed by atoms with Gasteiger partial charge in [0.05, 0.1) is 36.4 Å². The van der Waals surface area contributed by atoms with Crippen LogP contribution < -0.4 is 10.2 Å². The van der Waals surface area contributed by atoms with Gasteiger partial charge in [0.25, 0.3) is 5.91 Å². The number of hydrogen-bond donors (Lipinski definition) is 2. The standard InChI is InChI=1S/C24H24F3N3O2S/c25-24(26,27)19-7-2-4-9-21(19)33-22-16-18(17-6-1-3-8-20(17)29-22)23(31)28-10-5-11-30-12-14-32-15-13-30/h1-4,6-9,16H,5,10-15H2,(H,28,31)/p+1. The first-order valence-corrected chi connectivity index (χ1v) is 11.7. The molecule has 2 aromatic carbocycles. The molecular formula is C24H25F3N3O2S+. The molecule has 1 aliphatic rings. The highest BCUT2D eigenvalue weighted by atomic mass is 32.2. The van der Waals surface area contributed by atoms with Crippen molar-refractivity contribution >= 4 is 28.6 Å². The average Bonchev–Trinajstić information content (AvgIpc) is 2.81. The van der Waals surface area contributed by atoms with E-state index in [2.05, 4.69) is 10.3 Å². The van der Waals surface area contributed by atoms with E-state index < -0.39 is 11.7 Å². The Morgan fingerprint density at radius 2 is 1.82 bits per heavy atom. The Bertz CT molecular complexity index is 1120. The fraction of sp³-hybridized carbons (Fsp3) is 0.333. The lowest BCUT2D eigenvalue weighted by Gasteiger charge is -2.23.